The number of carbonyl (C=O) groups is 1. The van der Waals surface area contributed by atoms with Crippen LogP contribution in [0.4, 0.5) is 24.1 Å². The van der Waals surface area contributed by atoms with Gasteiger partial charge in [-0.2, -0.15) is 13.2 Å². The highest BCUT2D eigenvalue weighted by Crippen LogP contribution is 2.36. The second-order valence-electron chi connectivity index (χ2n) is 9.75. The summed E-state index contributed by atoms with van der Waals surface area (Å²) in [6.45, 7) is 7.04. The lowest BCUT2D eigenvalue weighted by atomic mass is 10.1. The number of rotatable bonds is 8. The maximum atomic E-state index is 13.5. The Morgan fingerprint density at radius 3 is 2.73 bits per heavy atom. The minimum Gasteiger partial charge on any atom is -0.437 e. The van der Waals surface area contributed by atoms with Gasteiger partial charge in [-0.15, -0.1) is 12.4 Å². The van der Waals surface area contributed by atoms with E-state index in [-0.39, 0.29) is 36.1 Å². The van der Waals surface area contributed by atoms with Crippen LogP contribution >= 0.6 is 23.7 Å². The normalized spacial score (nSPS) is 15.6. The van der Waals surface area contributed by atoms with E-state index in [4.69, 9.17) is 4.74 Å². The first-order valence-corrected chi connectivity index (χ1v) is 13.7. The quantitative estimate of drug-likeness (QED) is 0.230. The highest BCUT2D eigenvalue weighted by Gasteiger charge is 2.34. The molecule has 0 radical (unpaired) electrons. The van der Waals surface area contributed by atoms with Crippen molar-refractivity contribution in [2.24, 2.45) is 0 Å². The number of pyridine rings is 1. The van der Waals surface area contributed by atoms with Gasteiger partial charge in [-0.1, -0.05) is 17.4 Å². The predicted molar refractivity (Wildman–Crippen MR) is 155 cm³/mol. The zero-order valence-corrected chi connectivity index (χ0v) is 24.2. The Balaban J connectivity index is 0.00000387. The molecule has 0 aliphatic carbocycles. The minimum atomic E-state index is -4.59. The Kier molecular flexibility index (Phi) is 9.30. The second kappa shape index (κ2) is 12.5. The Morgan fingerprint density at radius 1 is 1.20 bits per heavy atom. The minimum absolute atomic E-state index is 0. The molecule has 218 valence electrons. The Bertz CT molecular complexity index is 1530. The van der Waals surface area contributed by atoms with E-state index in [9.17, 15) is 18.0 Å². The van der Waals surface area contributed by atoms with Crippen LogP contribution in [-0.4, -0.2) is 55.9 Å². The molecule has 1 saturated heterocycles. The summed E-state index contributed by atoms with van der Waals surface area (Å²) < 4.78 is 47.5. The standard InChI is InChI=1S/C27H28F3N7O2S.ClH/c1-15(2)37-11-5-6-17(37)13-31-25-18(9-10-22(35-25)27(28,29)30)19-12-23(33-14-32-19)39-20-7-4-8-21-24(20)36-26(40-21)34-16(3)38;/h4,7-10,12,14-15,17H,5-6,11,13H2,1-3H3,(H,31,35)(H,34,36,38);1H. The van der Waals surface area contributed by atoms with Gasteiger partial charge < -0.3 is 15.4 Å². The van der Waals surface area contributed by atoms with Crippen molar-refractivity contribution in [1.29, 1.82) is 0 Å². The summed E-state index contributed by atoms with van der Waals surface area (Å²) in [6, 6.07) is 9.74. The molecule has 4 aromatic rings. The number of nitrogens with one attached hydrogen (secondary N) is 2. The van der Waals surface area contributed by atoms with Gasteiger partial charge in [-0.3, -0.25) is 9.69 Å². The monoisotopic (exact) mass is 607 g/mol. The van der Waals surface area contributed by atoms with Crippen LogP contribution in [-0.2, 0) is 11.0 Å². The van der Waals surface area contributed by atoms with Crippen molar-refractivity contribution in [1.82, 2.24) is 24.8 Å². The summed E-state index contributed by atoms with van der Waals surface area (Å²) in [4.78, 5) is 30.7. The SMILES string of the molecule is CC(=O)Nc1nc2c(Oc3cc(-c4ccc(C(F)(F)F)nc4NCC4CCCN4C(C)C)ncn3)cccc2s1.Cl. The van der Waals surface area contributed by atoms with Crippen molar-refractivity contribution < 1.29 is 22.7 Å². The van der Waals surface area contributed by atoms with E-state index in [2.05, 4.69) is 49.3 Å². The fourth-order valence-electron chi connectivity index (χ4n) is 4.79. The molecular formula is C27H29ClF3N7O2S. The van der Waals surface area contributed by atoms with Gasteiger partial charge in [0.05, 0.1) is 10.4 Å². The van der Waals surface area contributed by atoms with Gasteiger partial charge >= 0.3 is 6.18 Å². The number of anilines is 2. The van der Waals surface area contributed by atoms with E-state index in [1.807, 2.05) is 6.07 Å². The summed E-state index contributed by atoms with van der Waals surface area (Å²) in [7, 11) is 0. The zero-order chi connectivity index (χ0) is 28.4. The van der Waals surface area contributed by atoms with Gasteiger partial charge in [0.15, 0.2) is 10.9 Å². The number of hydrogen-bond acceptors (Lipinski definition) is 9. The number of carbonyl (C=O) groups excluding carboxylic acids is 1. The molecule has 4 heterocycles. The molecule has 3 aromatic heterocycles. The zero-order valence-electron chi connectivity index (χ0n) is 22.5. The van der Waals surface area contributed by atoms with Crippen LogP contribution in [0.15, 0.2) is 42.7 Å². The molecule has 1 aliphatic heterocycles. The highest BCUT2D eigenvalue weighted by atomic mass is 35.5. The summed E-state index contributed by atoms with van der Waals surface area (Å²) in [5.74, 6) is 0.450. The Morgan fingerprint density at radius 2 is 2.00 bits per heavy atom. The average Bonchev–Trinajstić information content (AvgIpc) is 3.54. The van der Waals surface area contributed by atoms with Crippen molar-refractivity contribution in [2.45, 2.75) is 51.9 Å². The third-order valence-electron chi connectivity index (χ3n) is 6.57. The van der Waals surface area contributed by atoms with Gasteiger partial charge in [-0.25, -0.2) is 19.9 Å². The molecule has 2 N–H and O–H groups in total. The highest BCUT2D eigenvalue weighted by molar-refractivity contribution is 7.22. The van der Waals surface area contributed by atoms with E-state index < -0.39 is 11.9 Å². The number of halogens is 4. The first-order valence-electron chi connectivity index (χ1n) is 12.8. The molecule has 0 bridgehead atoms. The van der Waals surface area contributed by atoms with Gasteiger partial charge in [0.1, 0.15) is 23.4 Å². The molecule has 1 amide bonds. The Labute approximate surface area is 245 Å². The number of aromatic nitrogens is 4. The van der Waals surface area contributed by atoms with Crippen LogP contribution in [0.25, 0.3) is 21.5 Å². The maximum absolute atomic E-state index is 13.5. The lowest BCUT2D eigenvalue weighted by Crippen LogP contribution is -2.39. The van der Waals surface area contributed by atoms with Gasteiger partial charge in [-0.05, 0) is 57.5 Å². The van der Waals surface area contributed by atoms with Crippen LogP contribution in [0.2, 0.25) is 0 Å². The number of likely N-dealkylation sites (tertiary alicyclic amines) is 1. The largest absolute Gasteiger partial charge is 0.437 e. The molecule has 1 fully saturated rings. The van der Waals surface area contributed by atoms with E-state index in [0.29, 0.717) is 40.2 Å². The predicted octanol–water partition coefficient (Wildman–Crippen LogP) is 6.62. The van der Waals surface area contributed by atoms with Gasteiger partial charge in [0, 0.05) is 37.2 Å². The molecule has 41 heavy (non-hydrogen) atoms. The number of hydrogen-bond donors (Lipinski definition) is 2. The maximum Gasteiger partial charge on any atom is 0.433 e. The number of para-hydroxylation sites is 1. The summed E-state index contributed by atoms with van der Waals surface area (Å²) >= 11 is 1.31. The molecule has 0 saturated carbocycles. The van der Waals surface area contributed by atoms with Gasteiger partial charge in [0.2, 0.25) is 11.8 Å². The number of ether oxygens (including phenoxy) is 1. The van der Waals surface area contributed by atoms with E-state index in [0.717, 1.165) is 30.2 Å². The third-order valence-corrected chi connectivity index (χ3v) is 7.51. The number of benzene rings is 1. The fourth-order valence-corrected chi connectivity index (χ4v) is 5.72. The molecule has 0 spiro atoms. The van der Waals surface area contributed by atoms with Crippen molar-refractivity contribution >= 4 is 50.8 Å². The average molecular weight is 608 g/mol. The number of alkyl halides is 3. The third kappa shape index (κ3) is 7.03. The van der Waals surface area contributed by atoms with E-state index >= 15 is 0 Å². The lowest BCUT2D eigenvalue weighted by Gasteiger charge is -2.28. The van der Waals surface area contributed by atoms with E-state index in [1.54, 1.807) is 18.2 Å². The molecule has 9 nitrogen and oxygen atoms in total. The van der Waals surface area contributed by atoms with Crippen molar-refractivity contribution in [3.63, 3.8) is 0 Å². The van der Waals surface area contributed by atoms with Crippen LogP contribution in [0.3, 0.4) is 0 Å². The second-order valence-corrected chi connectivity index (χ2v) is 10.8. The first-order chi connectivity index (χ1) is 19.1. The summed E-state index contributed by atoms with van der Waals surface area (Å²) in [6.07, 6.45) is -1.31. The first kappa shape index (κ1) is 30.4. The molecular weight excluding hydrogens is 579 g/mol. The van der Waals surface area contributed by atoms with Crippen LogP contribution in [0.1, 0.15) is 39.3 Å². The molecule has 1 aromatic carbocycles. The van der Waals surface area contributed by atoms with Gasteiger partial charge in [0.25, 0.3) is 0 Å². The van der Waals surface area contributed by atoms with Crippen LogP contribution < -0.4 is 15.4 Å². The number of nitrogens with zero attached hydrogens (tertiary/aromatic N) is 5. The number of thiazole rings is 1. The topological polar surface area (TPSA) is 105 Å². The molecule has 14 heteroatoms. The fraction of sp³-hybridized carbons (Fsp3) is 0.370. The van der Waals surface area contributed by atoms with Crippen molar-refractivity contribution in [3.05, 3.63) is 48.4 Å². The molecule has 1 aliphatic rings. The number of fused-ring (bicyclic) bond motifs is 1. The molecule has 1 atom stereocenters. The Hall–Kier alpha value is -3.55. The van der Waals surface area contributed by atoms with Crippen LogP contribution in [0.5, 0.6) is 11.6 Å². The smallest absolute Gasteiger partial charge is 0.433 e. The van der Waals surface area contributed by atoms with Crippen molar-refractivity contribution in [3.8, 4) is 22.9 Å². The number of amides is 1. The van der Waals surface area contributed by atoms with E-state index in [1.165, 1.54) is 30.7 Å². The summed E-state index contributed by atoms with van der Waals surface area (Å²) in [5, 5.41) is 6.27. The molecule has 1 unspecified atom stereocenters. The molecule has 5 rings (SSSR count). The summed E-state index contributed by atoms with van der Waals surface area (Å²) in [5.41, 5.74) is 0.308. The van der Waals surface area contributed by atoms with Crippen molar-refractivity contribution in [2.75, 3.05) is 23.7 Å². The lowest BCUT2D eigenvalue weighted by molar-refractivity contribution is -0.141. The van der Waals surface area contributed by atoms with Crippen LogP contribution in [0, 0.1) is 0 Å².